The Bertz CT molecular complexity index is 836. The number of amides is 1. The maximum absolute atomic E-state index is 13.9. The third-order valence-electron chi connectivity index (χ3n) is 3.87. The molecule has 8 heteroatoms. The quantitative estimate of drug-likeness (QED) is 0.861. The maximum Gasteiger partial charge on any atom is 0.326 e. The van der Waals surface area contributed by atoms with Crippen LogP contribution in [0.1, 0.15) is 27.7 Å². The van der Waals surface area contributed by atoms with Gasteiger partial charge in [0, 0.05) is 35.7 Å². The summed E-state index contributed by atoms with van der Waals surface area (Å²) in [5.41, 5.74) is -0.714. The largest absolute Gasteiger partial charge is 0.336 e. The Morgan fingerprint density at radius 1 is 1.21 bits per heavy atom. The molecular weight excluding hydrogens is 333 g/mol. The average molecular weight is 349 g/mol. The van der Waals surface area contributed by atoms with E-state index in [0.29, 0.717) is 30.8 Å². The van der Waals surface area contributed by atoms with Gasteiger partial charge in [-0.15, -0.1) is 0 Å². The van der Waals surface area contributed by atoms with E-state index in [9.17, 15) is 18.8 Å². The molecule has 2 aromatic rings. The molecule has 0 radical (unpaired) electrons. The van der Waals surface area contributed by atoms with Crippen LogP contribution >= 0.6 is 11.8 Å². The number of hydrogen-bond donors (Lipinski definition) is 2. The number of halogens is 1. The fourth-order valence-electron chi connectivity index (χ4n) is 2.71. The number of carbonyl (C=O) groups excluding carboxylic acids is 1. The zero-order valence-electron chi connectivity index (χ0n) is 12.8. The minimum Gasteiger partial charge on any atom is -0.336 e. The van der Waals surface area contributed by atoms with Crippen LogP contribution in [0.2, 0.25) is 0 Å². The molecular formula is C16H16FN3O3S. The van der Waals surface area contributed by atoms with E-state index >= 15 is 0 Å². The lowest BCUT2D eigenvalue weighted by Crippen LogP contribution is -2.36. The number of hydrogen-bond acceptors (Lipinski definition) is 4. The molecule has 1 aliphatic heterocycles. The zero-order chi connectivity index (χ0) is 17.1. The predicted molar refractivity (Wildman–Crippen MR) is 89.8 cm³/mol. The zero-order valence-corrected chi connectivity index (χ0v) is 13.6. The Hall–Kier alpha value is -2.35. The molecule has 1 aliphatic rings. The summed E-state index contributed by atoms with van der Waals surface area (Å²) < 4.78 is 13.9. The fraction of sp³-hybridized carbons (Fsp3) is 0.312. The number of thioether (sulfide) groups is 1. The lowest BCUT2D eigenvalue weighted by molar-refractivity contribution is 0.0760. The van der Waals surface area contributed by atoms with Crippen LogP contribution in [0.4, 0.5) is 4.39 Å². The third-order valence-corrected chi connectivity index (χ3v) is 5.18. The fourth-order valence-corrected chi connectivity index (χ4v) is 3.97. The first-order valence-corrected chi connectivity index (χ1v) is 8.58. The second kappa shape index (κ2) is 7.04. The molecule has 0 aliphatic carbocycles. The van der Waals surface area contributed by atoms with Gasteiger partial charge in [-0.05, 0) is 12.5 Å². The van der Waals surface area contributed by atoms with Gasteiger partial charge in [0.15, 0.2) is 0 Å². The first-order chi connectivity index (χ1) is 11.5. The van der Waals surface area contributed by atoms with E-state index in [1.54, 1.807) is 34.9 Å². The number of nitrogens with zero attached hydrogens (tertiary/aromatic N) is 1. The first kappa shape index (κ1) is 16.5. The molecule has 1 aromatic carbocycles. The van der Waals surface area contributed by atoms with Crippen LogP contribution in [0.15, 0.2) is 39.9 Å². The number of H-pyrrole nitrogens is 2. The minimum absolute atomic E-state index is 0.0257. The molecule has 6 nitrogen and oxygen atoms in total. The van der Waals surface area contributed by atoms with E-state index in [1.807, 2.05) is 4.98 Å². The number of rotatable bonds is 2. The van der Waals surface area contributed by atoms with Gasteiger partial charge in [-0.25, -0.2) is 9.18 Å². The standard InChI is InChI=1S/C16H16FN3O3S/c17-11-4-2-1-3-10(11)13-5-6-20(7-8-24-13)15(22)12-9-14(21)19-16(23)18-12/h1-4,9,13H,5-8H2,(H2,18,19,21,23). The van der Waals surface area contributed by atoms with Crippen molar-refractivity contribution in [3.8, 4) is 0 Å². The van der Waals surface area contributed by atoms with Gasteiger partial charge in [0.2, 0.25) is 0 Å². The van der Waals surface area contributed by atoms with Gasteiger partial charge in [0.25, 0.3) is 11.5 Å². The molecule has 0 saturated carbocycles. The second-order valence-corrected chi connectivity index (χ2v) is 6.77. The normalized spacial score (nSPS) is 18.2. The van der Waals surface area contributed by atoms with Gasteiger partial charge in [-0.3, -0.25) is 14.6 Å². The van der Waals surface area contributed by atoms with Crippen molar-refractivity contribution in [3.63, 3.8) is 0 Å². The third kappa shape index (κ3) is 3.59. The van der Waals surface area contributed by atoms with Crippen molar-refractivity contribution in [1.82, 2.24) is 14.9 Å². The highest BCUT2D eigenvalue weighted by Crippen LogP contribution is 2.35. The molecule has 2 heterocycles. The first-order valence-electron chi connectivity index (χ1n) is 7.53. The van der Waals surface area contributed by atoms with Crippen molar-refractivity contribution in [2.75, 3.05) is 18.8 Å². The molecule has 1 atom stereocenters. The smallest absolute Gasteiger partial charge is 0.326 e. The van der Waals surface area contributed by atoms with E-state index in [1.165, 1.54) is 6.07 Å². The monoisotopic (exact) mass is 349 g/mol. The van der Waals surface area contributed by atoms with E-state index in [0.717, 1.165) is 6.07 Å². The van der Waals surface area contributed by atoms with Crippen molar-refractivity contribution in [2.45, 2.75) is 11.7 Å². The Labute approximate surface area is 141 Å². The molecule has 2 N–H and O–H groups in total. The second-order valence-electron chi connectivity index (χ2n) is 5.46. The van der Waals surface area contributed by atoms with Gasteiger partial charge in [-0.1, -0.05) is 18.2 Å². The molecule has 126 valence electrons. The molecule has 1 saturated heterocycles. The van der Waals surface area contributed by atoms with Crippen LogP contribution in [0.5, 0.6) is 0 Å². The van der Waals surface area contributed by atoms with Gasteiger partial charge in [-0.2, -0.15) is 11.8 Å². The van der Waals surface area contributed by atoms with Crippen LogP contribution in [-0.4, -0.2) is 39.6 Å². The number of benzene rings is 1. The van der Waals surface area contributed by atoms with Crippen LogP contribution in [0, 0.1) is 5.82 Å². The molecule has 0 spiro atoms. The molecule has 24 heavy (non-hydrogen) atoms. The Balaban J connectivity index is 1.76. The van der Waals surface area contributed by atoms with Crippen LogP contribution in [0.3, 0.4) is 0 Å². The summed E-state index contributed by atoms with van der Waals surface area (Å²) in [6.45, 7) is 0.906. The Morgan fingerprint density at radius 3 is 2.75 bits per heavy atom. The summed E-state index contributed by atoms with van der Waals surface area (Å²) in [6, 6.07) is 7.73. The highest BCUT2D eigenvalue weighted by molar-refractivity contribution is 7.99. The van der Waals surface area contributed by atoms with Gasteiger partial charge in [0.05, 0.1) is 0 Å². The molecule has 1 fully saturated rings. The predicted octanol–water partition coefficient (Wildman–Crippen LogP) is 1.52. The number of nitrogens with one attached hydrogen (secondary N) is 2. The van der Waals surface area contributed by atoms with Crippen molar-refractivity contribution < 1.29 is 9.18 Å². The Morgan fingerprint density at radius 2 is 2.00 bits per heavy atom. The van der Waals surface area contributed by atoms with Crippen molar-refractivity contribution in [3.05, 3.63) is 68.2 Å². The topological polar surface area (TPSA) is 86.0 Å². The molecule has 1 amide bonds. The lowest BCUT2D eigenvalue weighted by Gasteiger charge is -2.20. The van der Waals surface area contributed by atoms with E-state index in [-0.39, 0.29) is 16.8 Å². The summed E-state index contributed by atoms with van der Waals surface area (Å²) in [5, 5.41) is -0.0257. The average Bonchev–Trinajstić information content (AvgIpc) is 2.79. The van der Waals surface area contributed by atoms with Crippen LogP contribution < -0.4 is 11.2 Å². The van der Waals surface area contributed by atoms with Crippen LogP contribution in [0.25, 0.3) is 0 Å². The molecule has 0 bridgehead atoms. The summed E-state index contributed by atoms with van der Waals surface area (Å²) in [5.74, 6) is 0.0136. The minimum atomic E-state index is -0.709. The highest BCUT2D eigenvalue weighted by atomic mass is 32.2. The molecule has 3 rings (SSSR count). The van der Waals surface area contributed by atoms with Crippen molar-refractivity contribution >= 4 is 17.7 Å². The summed E-state index contributed by atoms with van der Waals surface area (Å²) in [7, 11) is 0. The summed E-state index contributed by atoms with van der Waals surface area (Å²) in [6.07, 6.45) is 0.602. The number of aromatic nitrogens is 2. The highest BCUT2D eigenvalue weighted by Gasteiger charge is 2.25. The molecule has 1 unspecified atom stereocenters. The lowest BCUT2D eigenvalue weighted by atomic mass is 10.1. The molecule has 1 aromatic heterocycles. The number of carbonyl (C=O) groups is 1. The van der Waals surface area contributed by atoms with Gasteiger partial charge < -0.3 is 9.88 Å². The summed E-state index contributed by atoms with van der Waals surface area (Å²) in [4.78, 5) is 41.1. The van der Waals surface area contributed by atoms with Gasteiger partial charge in [0.1, 0.15) is 11.5 Å². The maximum atomic E-state index is 13.9. The van der Waals surface area contributed by atoms with Crippen LogP contribution in [-0.2, 0) is 0 Å². The SMILES string of the molecule is O=C(c1cc(=O)[nH]c(=O)[nH]1)N1CCSC(c2ccccc2F)CC1. The van der Waals surface area contributed by atoms with Crippen molar-refractivity contribution in [2.24, 2.45) is 0 Å². The summed E-state index contributed by atoms with van der Waals surface area (Å²) >= 11 is 1.60. The van der Waals surface area contributed by atoms with E-state index in [2.05, 4.69) is 4.98 Å². The van der Waals surface area contributed by atoms with E-state index in [4.69, 9.17) is 0 Å². The Kier molecular flexibility index (Phi) is 4.84. The van der Waals surface area contributed by atoms with Crippen molar-refractivity contribution in [1.29, 1.82) is 0 Å². The van der Waals surface area contributed by atoms with Gasteiger partial charge >= 0.3 is 5.69 Å². The van der Waals surface area contributed by atoms with E-state index < -0.39 is 17.2 Å². The number of aromatic amines is 2.